The largest absolute Gasteiger partial charge is 0.378 e. The van der Waals surface area contributed by atoms with E-state index in [2.05, 4.69) is 12.2 Å². The zero-order valence-corrected chi connectivity index (χ0v) is 14.9. The maximum absolute atomic E-state index is 12.5. The quantitative estimate of drug-likeness (QED) is 0.847. The van der Waals surface area contributed by atoms with Crippen LogP contribution in [0, 0.1) is 0 Å². The van der Waals surface area contributed by atoms with Gasteiger partial charge < -0.3 is 15.0 Å². The normalized spacial score (nSPS) is 13.2. The monoisotopic (exact) mass is 326 g/mol. The number of nitrogens with zero attached hydrogens (tertiary/aromatic N) is 1. The van der Waals surface area contributed by atoms with E-state index in [1.165, 1.54) is 0 Å². The molecule has 1 N–H and O–H groups in total. The number of carbonyl (C=O) groups is 1. The van der Waals surface area contributed by atoms with Crippen LogP contribution in [-0.4, -0.2) is 33.7 Å². The van der Waals surface area contributed by atoms with Gasteiger partial charge in [0.2, 0.25) is 0 Å². The summed E-state index contributed by atoms with van der Waals surface area (Å²) in [6, 6.07) is 17.6. The molecule has 0 spiro atoms. The number of hydrogen-bond donors (Lipinski definition) is 1. The zero-order valence-electron chi connectivity index (χ0n) is 14.9. The van der Waals surface area contributed by atoms with Gasteiger partial charge in [0.1, 0.15) is 5.60 Å². The third-order valence-corrected chi connectivity index (χ3v) is 4.44. The number of nitrogens with one attached hydrogen (secondary N) is 1. The smallest absolute Gasteiger partial charge is 0.251 e. The lowest BCUT2D eigenvalue weighted by Crippen LogP contribution is -2.41. The van der Waals surface area contributed by atoms with Gasteiger partial charge in [0.05, 0.1) is 6.54 Å². The highest BCUT2D eigenvalue weighted by Crippen LogP contribution is 2.28. The first kappa shape index (κ1) is 18.0. The highest BCUT2D eigenvalue weighted by Gasteiger charge is 2.30. The SMILES string of the molecule is CCC(CNC(=O)c1ccc(N(C)C)cc1)(OC)c1ccccc1. The molecule has 0 saturated heterocycles. The van der Waals surface area contributed by atoms with E-state index in [-0.39, 0.29) is 5.91 Å². The predicted octanol–water partition coefficient (Wildman–Crippen LogP) is 3.43. The number of methoxy groups -OCH3 is 1. The molecule has 0 fully saturated rings. The molecular formula is C20H26N2O2. The topological polar surface area (TPSA) is 41.6 Å². The van der Waals surface area contributed by atoms with Crippen molar-refractivity contribution in [3.05, 3.63) is 65.7 Å². The van der Waals surface area contributed by atoms with E-state index in [4.69, 9.17) is 4.74 Å². The summed E-state index contributed by atoms with van der Waals surface area (Å²) in [7, 11) is 5.64. The van der Waals surface area contributed by atoms with E-state index in [9.17, 15) is 4.79 Å². The van der Waals surface area contributed by atoms with Crippen LogP contribution in [0.5, 0.6) is 0 Å². The second-order valence-corrected chi connectivity index (χ2v) is 6.04. The minimum absolute atomic E-state index is 0.0916. The second kappa shape index (κ2) is 7.97. The Labute approximate surface area is 144 Å². The standard InChI is InChI=1S/C20H26N2O2/c1-5-20(24-4,17-9-7-6-8-10-17)15-21-19(23)16-11-13-18(14-12-16)22(2)3/h6-14H,5,15H2,1-4H3,(H,21,23). The molecule has 4 heteroatoms. The number of hydrogen-bond acceptors (Lipinski definition) is 3. The van der Waals surface area contributed by atoms with E-state index in [1.807, 2.05) is 73.6 Å². The molecular weight excluding hydrogens is 300 g/mol. The van der Waals surface area contributed by atoms with E-state index in [0.717, 1.165) is 17.7 Å². The van der Waals surface area contributed by atoms with Gasteiger partial charge in [0.15, 0.2) is 0 Å². The fourth-order valence-electron chi connectivity index (χ4n) is 2.74. The van der Waals surface area contributed by atoms with Crippen molar-refractivity contribution in [2.75, 3.05) is 32.6 Å². The van der Waals surface area contributed by atoms with Crippen molar-refractivity contribution >= 4 is 11.6 Å². The van der Waals surface area contributed by atoms with Crippen molar-refractivity contribution in [1.29, 1.82) is 0 Å². The van der Waals surface area contributed by atoms with Gasteiger partial charge in [-0.1, -0.05) is 37.3 Å². The predicted molar refractivity (Wildman–Crippen MR) is 98.5 cm³/mol. The minimum Gasteiger partial charge on any atom is -0.378 e. The average molecular weight is 326 g/mol. The van der Waals surface area contributed by atoms with Crippen molar-refractivity contribution in [1.82, 2.24) is 5.32 Å². The Kier molecular flexibility index (Phi) is 5.99. The molecule has 0 aromatic heterocycles. The summed E-state index contributed by atoms with van der Waals surface area (Å²) in [5.41, 5.74) is 2.27. The Hall–Kier alpha value is -2.33. The number of ether oxygens (including phenoxy) is 1. The lowest BCUT2D eigenvalue weighted by molar-refractivity contribution is -0.0164. The molecule has 2 aromatic rings. The molecule has 0 aliphatic carbocycles. The van der Waals surface area contributed by atoms with Crippen LogP contribution in [0.15, 0.2) is 54.6 Å². The highest BCUT2D eigenvalue weighted by atomic mass is 16.5. The van der Waals surface area contributed by atoms with Crippen LogP contribution in [0.3, 0.4) is 0 Å². The van der Waals surface area contributed by atoms with Crippen LogP contribution in [0.4, 0.5) is 5.69 Å². The minimum atomic E-state index is -0.513. The molecule has 1 amide bonds. The van der Waals surface area contributed by atoms with Gasteiger partial charge >= 0.3 is 0 Å². The molecule has 0 aliphatic heterocycles. The van der Waals surface area contributed by atoms with Crippen LogP contribution >= 0.6 is 0 Å². The Morgan fingerprint density at radius 2 is 1.71 bits per heavy atom. The van der Waals surface area contributed by atoms with E-state index >= 15 is 0 Å². The third kappa shape index (κ3) is 3.95. The van der Waals surface area contributed by atoms with Gasteiger partial charge in [-0.2, -0.15) is 0 Å². The molecule has 4 nitrogen and oxygen atoms in total. The molecule has 128 valence electrons. The second-order valence-electron chi connectivity index (χ2n) is 6.04. The van der Waals surface area contributed by atoms with Crippen molar-refractivity contribution in [3.8, 4) is 0 Å². The average Bonchev–Trinajstić information content (AvgIpc) is 2.63. The van der Waals surface area contributed by atoms with Crippen LogP contribution in [0.25, 0.3) is 0 Å². The maximum atomic E-state index is 12.5. The summed E-state index contributed by atoms with van der Waals surface area (Å²) in [6.45, 7) is 2.49. The Morgan fingerprint density at radius 3 is 2.21 bits per heavy atom. The van der Waals surface area contributed by atoms with Gasteiger partial charge in [0, 0.05) is 32.5 Å². The van der Waals surface area contributed by atoms with Crippen molar-refractivity contribution in [2.24, 2.45) is 0 Å². The molecule has 2 aromatic carbocycles. The summed E-state index contributed by atoms with van der Waals surface area (Å²) in [4.78, 5) is 14.5. The first-order valence-electron chi connectivity index (χ1n) is 8.18. The number of carbonyl (C=O) groups excluding carboxylic acids is 1. The molecule has 0 saturated carbocycles. The van der Waals surface area contributed by atoms with Crippen LogP contribution in [0.1, 0.15) is 29.3 Å². The number of rotatable bonds is 7. The maximum Gasteiger partial charge on any atom is 0.251 e. The number of anilines is 1. The number of amides is 1. The van der Waals surface area contributed by atoms with Crippen LogP contribution in [-0.2, 0) is 10.3 Å². The summed E-state index contributed by atoms with van der Waals surface area (Å²) in [6.07, 6.45) is 0.771. The van der Waals surface area contributed by atoms with E-state index < -0.39 is 5.60 Å². The first-order valence-corrected chi connectivity index (χ1v) is 8.18. The summed E-state index contributed by atoms with van der Waals surface area (Å²) in [5.74, 6) is -0.0916. The lowest BCUT2D eigenvalue weighted by Gasteiger charge is -2.32. The van der Waals surface area contributed by atoms with Gasteiger partial charge in [-0.25, -0.2) is 0 Å². The van der Waals surface area contributed by atoms with Crippen LogP contribution < -0.4 is 10.2 Å². The molecule has 1 unspecified atom stereocenters. The van der Waals surface area contributed by atoms with E-state index in [0.29, 0.717) is 12.1 Å². The van der Waals surface area contributed by atoms with Gasteiger partial charge in [-0.05, 0) is 36.2 Å². The Morgan fingerprint density at radius 1 is 1.08 bits per heavy atom. The zero-order chi connectivity index (χ0) is 17.6. The molecule has 2 rings (SSSR count). The van der Waals surface area contributed by atoms with Crippen LogP contribution in [0.2, 0.25) is 0 Å². The summed E-state index contributed by atoms with van der Waals surface area (Å²) in [5, 5.41) is 3.01. The molecule has 0 aliphatic rings. The summed E-state index contributed by atoms with van der Waals surface area (Å²) < 4.78 is 5.79. The van der Waals surface area contributed by atoms with E-state index in [1.54, 1.807) is 7.11 Å². The van der Waals surface area contributed by atoms with Gasteiger partial charge in [-0.15, -0.1) is 0 Å². The van der Waals surface area contributed by atoms with Crippen molar-refractivity contribution < 1.29 is 9.53 Å². The van der Waals surface area contributed by atoms with Gasteiger partial charge in [0.25, 0.3) is 5.91 Å². The highest BCUT2D eigenvalue weighted by molar-refractivity contribution is 5.94. The van der Waals surface area contributed by atoms with Crippen molar-refractivity contribution in [3.63, 3.8) is 0 Å². The summed E-state index contributed by atoms with van der Waals surface area (Å²) >= 11 is 0. The molecule has 0 heterocycles. The van der Waals surface area contributed by atoms with Crippen molar-refractivity contribution in [2.45, 2.75) is 18.9 Å². The van der Waals surface area contributed by atoms with Gasteiger partial charge in [-0.3, -0.25) is 4.79 Å². The Bertz CT molecular complexity index is 647. The first-order chi connectivity index (χ1) is 11.5. The number of benzene rings is 2. The molecule has 1 atom stereocenters. The fraction of sp³-hybridized carbons (Fsp3) is 0.350. The molecule has 0 radical (unpaired) electrons. The fourth-order valence-corrected chi connectivity index (χ4v) is 2.74. The molecule has 24 heavy (non-hydrogen) atoms. The Balaban J connectivity index is 2.10. The molecule has 0 bridgehead atoms. The lowest BCUT2D eigenvalue weighted by atomic mass is 9.90. The third-order valence-electron chi connectivity index (χ3n) is 4.44.